The molecule has 1 heterocycles. The fraction of sp³-hybridized carbons (Fsp3) is 0.222. The van der Waals surface area contributed by atoms with Crippen molar-refractivity contribution in [2.75, 3.05) is 0 Å². The molecule has 1 aromatic rings. The predicted octanol–water partition coefficient (Wildman–Crippen LogP) is 3.08. The lowest BCUT2D eigenvalue weighted by Crippen LogP contribution is -1.88. The molecule has 1 aromatic heterocycles. The Labute approximate surface area is 71.7 Å². The normalized spacial score (nSPS) is 9.73. The van der Waals surface area contributed by atoms with Crippen LogP contribution in [0.15, 0.2) is 18.8 Å². The van der Waals surface area contributed by atoms with Gasteiger partial charge in [-0.25, -0.2) is 0 Å². The number of hydrogen-bond acceptors (Lipinski definition) is 1. The van der Waals surface area contributed by atoms with Crippen LogP contribution >= 0.6 is 11.6 Å². The molecule has 11 heavy (non-hydrogen) atoms. The summed E-state index contributed by atoms with van der Waals surface area (Å²) in [4.78, 5) is 4.11. The van der Waals surface area contributed by atoms with Crippen LogP contribution in [0.1, 0.15) is 18.2 Å². The average Bonchev–Trinajstić information content (AvgIpc) is 1.94. The van der Waals surface area contributed by atoms with Gasteiger partial charge in [-0.15, -0.1) is 0 Å². The maximum atomic E-state index is 5.76. The van der Waals surface area contributed by atoms with E-state index in [2.05, 4.69) is 11.6 Å². The smallest absolute Gasteiger partial charge is 0.0595 e. The first kappa shape index (κ1) is 8.28. The summed E-state index contributed by atoms with van der Waals surface area (Å²) >= 11 is 5.76. The SMILES string of the molecule is C=C(C)c1cc(Cl)cnc1C. The summed E-state index contributed by atoms with van der Waals surface area (Å²) in [5.41, 5.74) is 3.01. The Balaban J connectivity index is 3.23. The third-order valence-electron chi connectivity index (χ3n) is 1.51. The van der Waals surface area contributed by atoms with E-state index in [-0.39, 0.29) is 0 Å². The lowest BCUT2D eigenvalue weighted by atomic mass is 10.1. The zero-order chi connectivity index (χ0) is 8.43. The van der Waals surface area contributed by atoms with Crippen molar-refractivity contribution >= 4 is 17.2 Å². The number of allylic oxidation sites excluding steroid dienone is 1. The molecule has 0 saturated heterocycles. The van der Waals surface area contributed by atoms with Crippen LogP contribution in [-0.2, 0) is 0 Å². The number of pyridine rings is 1. The Morgan fingerprint density at radius 1 is 1.64 bits per heavy atom. The largest absolute Gasteiger partial charge is 0.259 e. The van der Waals surface area contributed by atoms with Crippen LogP contribution in [-0.4, -0.2) is 4.98 Å². The van der Waals surface area contributed by atoms with Gasteiger partial charge in [-0.3, -0.25) is 4.98 Å². The highest BCUT2D eigenvalue weighted by Crippen LogP contribution is 2.18. The van der Waals surface area contributed by atoms with Crippen LogP contribution in [0.2, 0.25) is 5.02 Å². The van der Waals surface area contributed by atoms with Crippen LogP contribution in [0, 0.1) is 6.92 Å². The minimum atomic E-state index is 0.661. The number of hydrogen-bond donors (Lipinski definition) is 0. The highest BCUT2D eigenvalue weighted by Gasteiger charge is 1.99. The molecular formula is C9H10ClN. The molecule has 0 radical (unpaired) electrons. The van der Waals surface area contributed by atoms with E-state index < -0.39 is 0 Å². The molecule has 0 fully saturated rings. The summed E-state index contributed by atoms with van der Waals surface area (Å²) < 4.78 is 0. The standard InChI is InChI=1S/C9H10ClN/c1-6(2)9-4-8(10)5-11-7(9)3/h4-5H,1H2,2-3H3. The van der Waals surface area contributed by atoms with Crippen molar-refractivity contribution in [2.45, 2.75) is 13.8 Å². The predicted molar refractivity (Wildman–Crippen MR) is 48.7 cm³/mol. The van der Waals surface area contributed by atoms with Gasteiger partial charge in [-0.1, -0.05) is 18.2 Å². The molecule has 0 bridgehead atoms. The van der Waals surface area contributed by atoms with Crippen LogP contribution < -0.4 is 0 Å². The summed E-state index contributed by atoms with van der Waals surface area (Å²) in [6.07, 6.45) is 1.64. The molecule has 0 atom stereocenters. The molecule has 0 aliphatic carbocycles. The van der Waals surface area contributed by atoms with Gasteiger partial charge >= 0.3 is 0 Å². The first-order valence-corrected chi connectivity index (χ1v) is 3.77. The highest BCUT2D eigenvalue weighted by atomic mass is 35.5. The maximum absolute atomic E-state index is 5.76. The number of rotatable bonds is 1. The Hall–Kier alpha value is -0.820. The van der Waals surface area contributed by atoms with E-state index in [0.29, 0.717) is 5.02 Å². The van der Waals surface area contributed by atoms with E-state index >= 15 is 0 Å². The fourth-order valence-electron chi connectivity index (χ4n) is 0.940. The molecule has 0 aromatic carbocycles. The van der Waals surface area contributed by atoms with Crippen LogP contribution in [0.5, 0.6) is 0 Å². The van der Waals surface area contributed by atoms with Gasteiger partial charge in [0.15, 0.2) is 0 Å². The van der Waals surface area contributed by atoms with Crippen molar-refractivity contribution in [2.24, 2.45) is 0 Å². The lowest BCUT2D eigenvalue weighted by Gasteiger charge is -2.03. The Morgan fingerprint density at radius 3 is 2.73 bits per heavy atom. The Kier molecular flexibility index (Phi) is 2.30. The third kappa shape index (κ3) is 1.81. The number of halogens is 1. The summed E-state index contributed by atoms with van der Waals surface area (Å²) in [6.45, 7) is 7.72. The van der Waals surface area contributed by atoms with Gasteiger partial charge in [0, 0.05) is 11.9 Å². The lowest BCUT2D eigenvalue weighted by molar-refractivity contribution is 1.18. The molecular weight excluding hydrogens is 158 g/mol. The quantitative estimate of drug-likeness (QED) is 0.627. The first-order chi connectivity index (χ1) is 5.11. The third-order valence-corrected chi connectivity index (χ3v) is 1.72. The topological polar surface area (TPSA) is 12.9 Å². The molecule has 58 valence electrons. The Bertz CT molecular complexity index is 292. The number of aromatic nitrogens is 1. The van der Waals surface area contributed by atoms with Gasteiger partial charge in [0.2, 0.25) is 0 Å². The fourth-order valence-corrected chi connectivity index (χ4v) is 1.10. The second-order valence-corrected chi connectivity index (χ2v) is 3.00. The van der Waals surface area contributed by atoms with E-state index in [1.54, 1.807) is 6.20 Å². The van der Waals surface area contributed by atoms with E-state index in [1.807, 2.05) is 19.9 Å². The molecule has 1 rings (SSSR count). The van der Waals surface area contributed by atoms with Crippen molar-refractivity contribution in [3.8, 4) is 0 Å². The van der Waals surface area contributed by atoms with E-state index in [4.69, 9.17) is 11.6 Å². The second-order valence-electron chi connectivity index (χ2n) is 2.57. The van der Waals surface area contributed by atoms with Crippen molar-refractivity contribution < 1.29 is 0 Å². The van der Waals surface area contributed by atoms with E-state index in [1.165, 1.54) is 0 Å². The molecule has 0 unspecified atom stereocenters. The average molecular weight is 168 g/mol. The van der Waals surface area contributed by atoms with Crippen molar-refractivity contribution in [1.29, 1.82) is 0 Å². The molecule has 0 aliphatic rings. The van der Waals surface area contributed by atoms with Crippen LogP contribution in [0.3, 0.4) is 0 Å². The van der Waals surface area contributed by atoms with Crippen molar-refractivity contribution in [3.05, 3.63) is 35.1 Å². The van der Waals surface area contributed by atoms with Crippen molar-refractivity contribution in [3.63, 3.8) is 0 Å². The maximum Gasteiger partial charge on any atom is 0.0595 e. The van der Waals surface area contributed by atoms with Gasteiger partial charge in [-0.2, -0.15) is 0 Å². The molecule has 0 aliphatic heterocycles. The number of nitrogens with zero attached hydrogens (tertiary/aromatic N) is 1. The van der Waals surface area contributed by atoms with E-state index in [9.17, 15) is 0 Å². The molecule has 0 N–H and O–H groups in total. The molecule has 0 spiro atoms. The summed E-state index contributed by atoms with van der Waals surface area (Å²) in [7, 11) is 0. The highest BCUT2D eigenvalue weighted by molar-refractivity contribution is 6.30. The van der Waals surface area contributed by atoms with Gasteiger partial charge < -0.3 is 0 Å². The summed E-state index contributed by atoms with van der Waals surface area (Å²) in [6, 6.07) is 1.88. The first-order valence-electron chi connectivity index (χ1n) is 3.39. The van der Waals surface area contributed by atoms with Crippen LogP contribution in [0.25, 0.3) is 5.57 Å². The van der Waals surface area contributed by atoms with Crippen LogP contribution in [0.4, 0.5) is 0 Å². The number of aryl methyl sites for hydroxylation is 1. The molecule has 0 saturated carbocycles. The van der Waals surface area contributed by atoms with E-state index in [0.717, 1.165) is 16.8 Å². The monoisotopic (exact) mass is 167 g/mol. The summed E-state index contributed by atoms with van der Waals surface area (Å²) in [5, 5.41) is 0.661. The Morgan fingerprint density at radius 2 is 2.27 bits per heavy atom. The minimum Gasteiger partial charge on any atom is -0.259 e. The van der Waals surface area contributed by atoms with Crippen molar-refractivity contribution in [1.82, 2.24) is 4.98 Å². The molecule has 2 heteroatoms. The minimum absolute atomic E-state index is 0.661. The zero-order valence-electron chi connectivity index (χ0n) is 6.69. The van der Waals surface area contributed by atoms with Gasteiger partial charge in [0.25, 0.3) is 0 Å². The molecule has 0 amide bonds. The summed E-state index contributed by atoms with van der Waals surface area (Å²) in [5.74, 6) is 0. The zero-order valence-corrected chi connectivity index (χ0v) is 7.44. The van der Waals surface area contributed by atoms with Gasteiger partial charge in [-0.05, 0) is 31.1 Å². The van der Waals surface area contributed by atoms with Gasteiger partial charge in [0.1, 0.15) is 0 Å². The van der Waals surface area contributed by atoms with Gasteiger partial charge in [0.05, 0.1) is 5.02 Å². The molecule has 1 nitrogen and oxygen atoms in total. The second kappa shape index (κ2) is 3.05.